The lowest BCUT2D eigenvalue weighted by Gasteiger charge is -2.27. The molecule has 1 N–H and O–H groups in total. The average molecular weight is 210 g/mol. The molecule has 0 aromatic heterocycles. The third-order valence-corrected chi connectivity index (χ3v) is 3.90. The zero-order chi connectivity index (χ0) is 10.3. The van der Waals surface area contributed by atoms with Crippen LogP contribution in [0, 0.1) is 0 Å². The van der Waals surface area contributed by atoms with Gasteiger partial charge >= 0.3 is 0 Å². The molecule has 1 atom stereocenters. The van der Waals surface area contributed by atoms with Gasteiger partial charge in [-0.15, -0.1) is 0 Å². The number of nitrogens with zero attached hydrogens (tertiary/aromatic N) is 1. The standard InChI is InChI=1S/C13H26N2/c1-2-6-11-15(10-5-1)12-8-13-7-3-4-9-14-13/h13-14H,1-12H2/t13-/m1/s1. The molecule has 0 radical (unpaired) electrons. The quantitative estimate of drug-likeness (QED) is 0.769. The average Bonchev–Trinajstić information content (AvgIpc) is 2.56. The van der Waals surface area contributed by atoms with Crippen molar-refractivity contribution in [1.82, 2.24) is 10.2 Å². The Bertz CT molecular complexity index is 156. The van der Waals surface area contributed by atoms with Gasteiger partial charge < -0.3 is 10.2 Å². The van der Waals surface area contributed by atoms with Crippen molar-refractivity contribution in [2.24, 2.45) is 0 Å². The first-order chi connectivity index (χ1) is 7.45. The maximum Gasteiger partial charge on any atom is 0.00792 e. The predicted molar refractivity (Wildman–Crippen MR) is 65.2 cm³/mol. The highest BCUT2D eigenvalue weighted by Crippen LogP contribution is 2.13. The lowest BCUT2D eigenvalue weighted by Crippen LogP contribution is -2.37. The molecule has 0 amide bonds. The van der Waals surface area contributed by atoms with Crippen molar-refractivity contribution in [3.8, 4) is 0 Å². The Balaban J connectivity index is 1.62. The van der Waals surface area contributed by atoms with Gasteiger partial charge in [-0.3, -0.25) is 0 Å². The minimum atomic E-state index is 0.821. The molecule has 0 saturated carbocycles. The number of likely N-dealkylation sites (tertiary alicyclic amines) is 1. The fraction of sp³-hybridized carbons (Fsp3) is 1.00. The molecule has 88 valence electrons. The molecule has 0 unspecified atom stereocenters. The highest BCUT2D eigenvalue weighted by molar-refractivity contribution is 4.74. The lowest BCUT2D eigenvalue weighted by atomic mass is 10.0. The minimum absolute atomic E-state index is 0.821. The van der Waals surface area contributed by atoms with Crippen LogP contribution >= 0.6 is 0 Å². The molecule has 2 rings (SSSR count). The van der Waals surface area contributed by atoms with Crippen LogP contribution in [0.2, 0.25) is 0 Å². The summed E-state index contributed by atoms with van der Waals surface area (Å²) >= 11 is 0. The highest BCUT2D eigenvalue weighted by atomic mass is 15.1. The van der Waals surface area contributed by atoms with Gasteiger partial charge in [0, 0.05) is 6.04 Å². The van der Waals surface area contributed by atoms with Crippen molar-refractivity contribution < 1.29 is 0 Å². The molecule has 2 aliphatic rings. The summed E-state index contributed by atoms with van der Waals surface area (Å²) in [5, 5.41) is 3.65. The van der Waals surface area contributed by atoms with E-state index in [0.29, 0.717) is 0 Å². The van der Waals surface area contributed by atoms with E-state index in [4.69, 9.17) is 0 Å². The smallest absolute Gasteiger partial charge is 0.00792 e. The van der Waals surface area contributed by atoms with Crippen molar-refractivity contribution in [2.75, 3.05) is 26.2 Å². The molecule has 0 spiro atoms. The Labute approximate surface area is 94.4 Å². The Morgan fingerprint density at radius 3 is 2.40 bits per heavy atom. The maximum atomic E-state index is 3.65. The van der Waals surface area contributed by atoms with E-state index in [1.54, 1.807) is 0 Å². The molecule has 0 aliphatic carbocycles. The van der Waals surface area contributed by atoms with Crippen LogP contribution in [0.15, 0.2) is 0 Å². The summed E-state index contributed by atoms with van der Waals surface area (Å²) in [5.41, 5.74) is 0. The fourth-order valence-electron chi connectivity index (χ4n) is 2.87. The molecule has 0 bridgehead atoms. The van der Waals surface area contributed by atoms with Gasteiger partial charge in [-0.2, -0.15) is 0 Å². The Morgan fingerprint density at radius 1 is 0.933 bits per heavy atom. The van der Waals surface area contributed by atoms with E-state index in [1.807, 2.05) is 0 Å². The first-order valence-corrected chi connectivity index (χ1v) is 6.91. The normalized spacial score (nSPS) is 30.0. The molecular weight excluding hydrogens is 184 g/mol. The molecule has 2 aliphatic heterocycles. The van der Waals surface area contributed by atoms with Crippen molar-refractivity contribution >= 4 is 0 Å². The van der Waals surface area contributed by atoms with Crippen LogP contribution in [-0.4, -0.2) is 37.1 Å². The monoisotopic (exact) mass is 210 g/mol. The molecule has 2 nitrogen and oxygen atoms in total. The van der Waals surface area contributed by atoms with Crippen LogP contribution in [0.4, 0.5) is 0 Å². The summed E-state index contributed by atoms with van der Waals surface area (Å²) in [6, 6.07) is 0.821. The van der Waals surface area contributed by atoms with Crippen molar-refractivity contribution in [3.63, 3.8) is 0 Å². The van der Waals surface area contributed by atoms with Crippen LogP contribution in [0.5, 0.6) is 0 Å². The number of hydrogen-bond donors (Lipinski definition) is 1. The minimum Gasteiger partial charge on any atom is -0.314 e. The van der Waals surface area contributed by atoms with Gasteiger partial charge in [0.25, 0.3) is 0 Å². The Morgan fingerprint density at radius 2 is 1.73 bits per heavy atom. The fourth-order valence-corrected chi connectivity index (χ4v) is 2.87. The van der Waals surface area contributed by atoms with Crippen molar-refractivity contribution in [3.05, 3.63) is 0 Å². The molecule has 0 aromatic carbocycles. The second kappa shape index (κ2) is 6.49. The van der Waals surface area contributed by atoms with Gasteiger partial charge in [0.05, 0.1) is 0 Å². The summed E-state index contributed by atoms with van der Waals surface area (Å²) in [4.78, 5) is 2.68. The molecular formula is C13H26N2. The summed E-state index contributed by atoms with van der Waals surface area (Å²) in [7, 11) is 0. The van der Waals surface area contributed by atoms with Gasteiger partial charge in [0.2, 0.25) is 0 Å². The summed E-state index contributed by atoms with van der Waals surface area (Å²) < 4.78 is 0. The third kappa shape index (κ3) is 4.12. The predicted octanol–water partition coefficient (Wildman–Crippen LogP) is 2.39. The second-order valence-corrected chi connectivity index (χ2v) is 5.19. The van der Waals surface area contributed by atoms with E-state index in [0.717, 1.165) is 6.04 Å². The van der Waals surface area contributed by atoms with E-state index < -0.39 is 0 Å². The summed E-state index contributed by atoms with van der Waals surface area (Å²) in [6.07, 6.45) is 11.4. The third-order valence-electron chi connectivity index (χ3n) is 3.90. The van der Waals surface area contributed by atoms with E-state index in [-0.39, 0.29) is 0 Å². The SMILES string of the molecule is C1CCCN(CC[C@H]2CCCCN2)CC1. The van der Waals surface area contributed by atoms with E-state index in [9.17, 15) is 0 Å². The molecule has 2 saturated heterocycles. The highest BCUT2D eigenvalue weighted by Gasteiger charge is 2.14. The van der Waals surface area contributed by atoms with Crippen LogP contribution in [-0.2, 0) is 0 Å². The Kier molecular flexibility index (Phi) is 4.94. The van der Waals surface area contributed by atoms with E-state index in [1.165, 1.54) is 77.5 Å². The molecule has 2 heterocycles. The summed E-state index contributed by atoms with van der Waals surface area (Å²) in [6.45, 7) is 5.29. The zero-order valence-electron chi connectivity index (χ0n) is 10.0. The molecule has 15 heavy (non-hydrogen) atoms. The van der Waals surface area contributed by atoms with Gasteiger partial charge in [-0.05, 0) is 58.3 Å². The van der Waals surface area contributed by atoms with Gasteiger partial charge in [0.15, 0.2) is 0 Å². The molecule has 2 fully saturated rings. The van der Waals surface area contributed by atoms with Gasteiger partial charge in [-0.25, -0.2) is 0 Å². The topological polar surface area (TPSA) is 15.3 Å². The van der Waals surface area contributed by atoms with Gasteiger partial charge in [0.1, 0.15) is 0 Å². The van der Waals surface area contributed by atoms with E-state index in [2.05, 4.69) is 10.2 Å². The van der Waals surface area contributed by atoms with Crippen molar-refractivity contribution in [1.29, 1.82) is 0 Å². The molecule has 2 heteroatoms. The number of piperidine rings is 1. The van der Waals surface area contributed by atoms with E-state index >= 15 is 0 Å². The number of rotatable bonds is 3. The van der Waals surface area contributed by atoms with Crippen LogP contribution in [0.3, 0.4) is 0 Å². The zero-order valence-corrected chi connectivity index (χ0v) is 10.0. The molecule has 0 aromatic rings. The maximum absolute atomic E-state index is 3.65. The second-order valence-electron chi connectivity index (χ2n) is 5.19. The first-order valence-electron chi connectivity index (χ1n) is 6.91. The van der Waals surface area contributed by atoms with Crippen LogP contribution in [0.25, 0.3) is 0 Å². The summed E-state index contributed by atoms with van der Waals surface area (Å²) in [5.74, 6) is 0. The van der Waals surface area contributed by atoms with Crippen LogP contribution in [0.1, 0.15) is 51.4 Å². The first kappa shape index (κ1) is 11.4. The number of nitrogens with one attached hydrogen (secondary N) is 1. The van der Waals surface area contributed by atoms with Crippen molar-refractivity contribution in [2.45, 2.75) is 57.4 Å². The largest absolute Gasteiger partial charge is 0.314 e. The number of hydrogen-bond acceptors (Lipinski definition) is 2. The Hall–Kier alpha value is -0.0800. The van der Waals surface area contributed by atoms with Gasteiger partial charge in [-0.1, -0.05) is 19.3 Å². The van der Waals surface area contributed by atoms with Crippen LogP contribution < -0.4 is 5.32 Å². The lowest BCUT2D eigenvalue weighted by molar-refractivity contribution is 0.254.